The Hall–Kier alpha value is -3.37. The number of amides is 1. The molecule has 2 unspecified atom stereocenters. The van der Waals surface area contributed by atoms with Crippen molar-refractivity contribution in [3.63, 3.8) is 0 Å². The van der Waals surface area contributed by atoms with E-state index >= 15 is 0 Å². The SMILES string of the molecule is CCC(c1ccc(C(=O)NCCC(=O)O)cc1)C(c1ccc(Cl)cc1)c1csc2c(C#N)cc(Cl)cc12. The number of aliphatic carboxylic acids is 1. The number of carboxylic acids is 1. The van der Waals surface area contributed by atoms with E-state index in [1.54, 1.807) is 18.2 Å². The molecule has 4 aromatic rings. The molecular formula is C29H24Cl2N2O3S. The molecule has 0 saturated heterocycles. The number of nitriles is 1. The van der Waals surface area contributed by atoms with Crippen LogP contribution in [0.5, 0.6) is 0 Å². The molecule has 188 valence electrons. The third-order valence-corrected chi connectivity index (χ3v) is 7.94. The molecule has 37 heavy (non-hydrogen) atoms. The van der Waals surface area contributed by atoms with E-state index in [0.29, 0.717) is 21.2 Å². The van der Waals surface area contributed by atoms with Gasteiger partial charge in [-0.3, -0.25) is 9.59 Å². The van der Waals surface area contributed by atoms with Gasteiger partial charge in [0.25, 0.3) is 5.91 Å². The van der Waals surface area contributed by atoms with Crippen LogP contribution in [0, 0.1) is 11.3 Å². The van der Waals surface area contributed by atoms with E-state index in [0.717, 1.165) is 33.2 Å². The summed E-state index contributed by atoms with van der Waals surface area (Å²) in [5.74, 6) is -1.25. The number of carbonyl (C=O) groups is 2. The van der Waals surface area contributed by atoms with Crippen LogP contribution in [-0.4, -0.2) is 23.5 Å². The van der Waals surface area contributed by atoms with Crippen LogP contribution >= 0.6 is 34.5 Å². The second kappa shape index (κ2) is 11.8. The topological polar surface area (TPSA) is 90.2 Å². The third-order valence-electron chi connectivity index (χ3n) is 6.42. The van der Waals surface area contributed by atoms with E-state index in [2.05, 4.69) is 23.7 Å². The molecule has 2 atom stereocenters. The maximum atomic E-state index is 12.4. The average Bonchev–Trinajstić information content (AvgIpc) is 3.30. The maximum Gasteiger partial charge on any atom is 0.305 e. The average molecular weight is 551 g/mol. The monoisotopic (exact) mass is 550 g/mol. The highest BCUT2D eigenvalue weighted by molar-refractivity contribution is 7.17. The van der Waals surface area contributed by atoms with Gasteiger partial charge in [-0.2, -0.15) is 5.26 Å². The van der Waals surface area contributed by atoms with Gasteiger partial charge in [-0.25, -0.2) is 0 Å². The summed E-state index contributed by atoms with van der Waals surface area (Å²) in [5.41, 5.74) is 4.26. The highest BCUT2D eigenvalue weighted by Crippen LogP contribution is 2.46. The predicted octanol–water partition coefficient (Wildman–Crippen LogP) is 7.61. The summed E-state index contributed by atoms with van der Waals surface area (Å²) in [4.78, 5) is 23.2. The Kier molecular flexibility index (Phi) is 8.50. The van der Waals surface area contributed by atoms with Gasteiger partial charge in [0, 0.05) is 28.1 Å². The van der Waals surface area contributed by atoms with Crippen molar-refractivity contribution in [2.75, 3.05) is 6.54 Å². The minimum absolute atomic E-state index is 0.0451. The lowest BCUT2D eigenvalue weighted by Crippen LogP contribution is -2.26. The van der Waals surface area contributed by atoms with Gasteiger partial charge in [0.1, 0.15) is 6.07 Å². The van der Waals surface area contributed by atoms with Gasteiger partial charge in [-0.15, -0.1) is 11.3 Å². The number of halogens is 2. The van der Waals surface area contributed by atoms with Crippen LogP contribution in [0.4, 0.5) is 0 Å². The van der Waals surface area contributed by atoms with Crippen molar-refractivity contribution in [2.24, 2.45) is 0 Å². The zero-order valence-electron chi connectivity index (χ0n) is 20.0. The number of nitrogens with one attached hydrogen (secondary N) is 1. The Balaban J connectivity index is 1.75. The van der Waals surface area contributed by atoms with E-state index in [9.17, 15) is 14.9 Å². The predicted molar refractivity (Wildman–Crippen MR) is 149 cm³/mol. The van der Waals surface area contributed by atoms with E-state index in [-0.39, 0.29) is 30.7 Å². The highest BCUT2D eigenvalue weighted by Gasteiger charge is 2.28. The second-order valence-electron chi connectivity index (χ2n) is 8.70. The van der Waals surface area contributed by atoms with Crippen molar-refractivity contribution in [3.05, 3.63) is 104 Å². The lowest BCUT2D eigenvalue weighted by molar-refractivity contribution is -0.136. The number of carbonyl (C=O) groups excluding carboxylic acids is 1. The van der Waals surface area contributed by atoms with Gasteiger partial charge in [-0.1, -0.05) is 54.4 Å². The summed E-state index contributed by atoms with van der Waals surface area (Å²) in [7, 11) is 0. The number of thiophene rings is 1. The van der Waals surface area contributed by atoms with Gasteiger partial charge in [0.05, 0.1) is 16.7 Å². The molecule has 0 aliphatic heterocycles. The largest absolute Gasteiger partial charge is 0.481 e. The van der Waals surface area contributed by atoms with Crippen LogP contribution in [0.15, 0.2) is 66.0 Å². The summed E-state index contributed by atoms with van der Waals surface area (Å²) < 4.78 is 0.907. The minimum atomic E-state index is -0.959. The number of hydrogen-bond donors (Lipinski definition) is 2. The van der Waals surface area contributed by atoms with Crippen molar-refractivity contribution >= 4 is 56.5 Å². The molecule has 1 amide bonds. The molecule has 0 fully saturated rings. The Morgan fingerprint density at radius 2 is 1.70 bits per heavy atom. The summed E-state index contributed by atoms with van der Waals surface area (Å²) in [6.45, 7) is 2.20. The van der Waals surface area contributed by atoms with Gasteiger partial charge >= 0.3 is 5.97 Å². The van der Waals surface area contributed by atoms with Gasteiger partial charge in [-0.05, 0) is 76.2 Å². The van der Waals surface area contributed by atoms with Crippen molar-refractivity contribution in [2.45, 2.75) is 31.6 Å². The molecule has 0 aliphatic carbocycles. The lowest BCUT2D eigenvalue weighted by Gasteiger charge is -2.28. The number of nitrogens with zero attached hydrogens (tertiary/aromatic N) is 1. The first kappa shape index (κ1) is 26.7. The molecule has 1 heterocycles. The summed E-state index contributed by atoms with van der Waals surface area (Å²) in [6.07, 6.45) is 0.692. The van der Waals surface area contributed by atoms with Crippen LogP contribution in [0.25, 0.3) is 10.1 Å². The molecule has 4 rings (SSSR count). The standard InChI is InChI=1S/C29H24Cl2N2O3S/c1-2-23(17-3-5-19(6-4-17)29(36)33-12-11-26(34)35)27(18-7-9-21(30)10-8-18)25-16-37-28-20(15-32)13-22(31)14-24(25)28/h3-10,13-14,16,23,27H,2,11-12H2,1H3,(H,33,36)(H,34,35). The van der Waals surface area contributed by atoms with Crippen LogP contribution in [0.2, 0.25) is 10.0 Å². The zero-order chi connectivity index (χ0) is 26.5. The molecule has 3 aromatic carbocycles. The van der Waals surface area contributed by atoms with Crippen molar-refractivity contribution < 1.29 is 14.7 Å². The maximum absolute atomic E-state index is 12.4. The molecule has 2 N–H and O–H groups in total. The third kappa shape index (κ3) is 5.97. The quantitative estimate of drug-likeness (QED) is 0.224. The van der Waals surface area contributed by atoms with Crippen molar-refractivity contribution in [3.8, 4) is 6.07 Å². The Morgan fingerprint density at radius 1 is 1.03 bits per heavy atom. The van der Waals surface area contributed by atoms with Gasteiger partial charge in [0.15, 0.2) is 0 Å². The number of benzene rings is 3. The fourth-order valence-corrected chi connectivity index (χ4v) is 6.07. The highest BCUT2D eigenvalue weighted by atomic mass is 35.5. The molecule has 0 bridgehead atoms. The fourth-order valence-electron chi connectivity index (χ4n) is 4.67. The Morgan fingerprint density at radius 3 is 2.32 bits per heavy atom. The van der Waals surface area contributed by atoms with E-state index < -0.39 is 5.97 Å². The van der Waals surface area contributed by atoms with E-state index in [1.807, 2.05) is 42.5 Å². The van der Waals surface area contributed by atoms with Crippen LogP contribution < -0.4 is 5.32 Å². The molecule has 8 heteroatoms. The summed E-state index contributed by atoms with van der Waals surface area (Å²) >= 11 is 14.1. The molecule has 0 radical (unpaired) electrons. The first-order valence-corrected chi connectivity index (χ1v) is 13.4. The molecular weight excluding hydrogens is 527 g/mol. The lowest BCUT2D eigenvalue weighted by atomic mass is 9.75. The van der Waals surface area contributed by atoms with E-state index in [4.69, 9.17) is 28.3 Å². The fraction of sp³-hybridized carbons (Fsp3) is 0.207. The first-order chi connectivity index (χ1) is 17.8. The van der Waals surface area contributed by atoms with Crippen molar-refractivity contribution in [1.82, 2.24) is 5.32 Å². The molecule has 0 spiro atoms. The molecule has 0 saturated carbocycles. The van der Waals surface area contributed by atoms with Crippen LogP contribution in [0.1, 0.15) is 64.2 Å². The summed E-state index contributed by atoms with van der Waals surface area (Å²) in [6, 6.07) is 21.1. The number of hydrogen-bond acceptors (Lipinski definition) is 4. The van der Waals surface area contributed by atoms with Crippen LogP contribution in [0.3, 0.4) is 0 Å². The first-order valence-electron chi connectivity index (χ1n) is 11.8. The minimum Gasteiger partial charge on any atom is -0.481 e. The Labute approximate surface area is 229 Å². The second-order valence-corrected chi connectivity index (χ2v) is 10.5. The van der Waals surface area contributed by atoms with Gasteiger partial charge in [0.2, 0.25) is 0 Å². The number of fused-ring (bicyclic) bond motifs is 1. The van der Waals surface area contributed by atoms with E-state index in [1.165, 1.54) is 11.3 Å². The van der Waals surface area contributed by atoms with Crippen molar-refractivity contribution in [1.29, 1.82) is 5.26 Å². The number of carboxylic acid groups (broad SMARTS) is 1. The van der Waals surface area contributed by atoms with Crippen LogP contribution in [-0.2, 0) is 4.79 Å². The molecule has 5 nitrogen and oxygen atoms in total. The normalized spacial score (nSPS) is 12.6. The summed E-state index contributed by atoms with van der Waals surface area (Å²) in [5, 5.41) is 25.3. The molecule has 0 aliphatic rings. The molecule has 1 aromatic heterocycles. The number of rotatable bonds is 9. The zero-order valence-corrected chi connectivity index (χ0v) is 22.3. The van der Waals surface area contributed by atoms with Gasteiger partial charge < -0.3 is 10.4 Å². The Bertz CT molecular complexity index is 1470. The smallest absolute Gasteiger partial charge is 0.305 e.